The van der Waals surface area contributed by atoms with Crippen molar-refractivity contribution in [1.82, 2.24) is 0 Å². The number of allylic oxidation sites excluding steroid dienone is 3. The summed E-state index contributed by atoms with van der Waals surface area (Å²) >= 11 is 0. The van der Waals surface area contributed by atoms with Crippen LogP contribution < -0.4 is 0 Å². The molecule has 16 heavy (non-hydrogen) atoms. The van der Waals surface area contributed by atoms with Crippen LogP contribution >= 0.6 is 0 Å². The van der Waals surface area contributed by atoms with Gasteiger partial charge < -0.3 is 0 Å². The van der Waals surface area contributed by atoms with Crippen LogP contribution in [0.2, 0.25) is 0 Å². The van der Waals surface area contributed by atoms with E-state index in [9.17, 15) is 4.79 Å². The summed E-state index contributed by atoms with van der Waals surface area (Å²) in [6.07, 6.45) is 3.83. The SMILES string of the molecule is C=C1C=C(CCC)C(=O)C1c1ccccc1. The van der Waals surface area contributed by atoms with Crippen molar-refractivity contribution in [3.8, 4) is 0 Å². The van der Waals surface area contributed by atoms with Gasteiger partial charge in [-0.15, -0.1) is 0 Å². The molecule has 0 radical (unpaired) electrons. The molecular formula is C15H16O. The maximum absolute atomic E-state index is 12.2. The quantitative estimate of drug-likeness (QED) is 0.747. The molecule has 1 aliphatic carbocycles. The lowest BCUT2D eigenvalue weighted by Crippen LogP contribution is -2.09. The van der Waals surface area contributed by atoms with Crippen LogP contribution in [0.25, 0.3) is 0 Å². The Bertz CT molecular complexity index is 440. The molecule has 82 valence electrons. The van der Waals surface area contributed by atoms with Crippen LogP contribution in [0.4, 0.5) is 0 Å². The minimum absolute atomic E-state index is 0.136. The smallest absolute Gasteiger partial charge is 0.170 e. The number of carbonyl (C=O) groups excluding carboxylic acids is 1. The number of rotatable bonds is 3. The van der Waals surface area contributed by atoms with E-state index in [0.29, 0.717) is 0 Å². The molecule has 0 amide bonds. The van der Waals surface area contributed by atoms with E-state index in [0.717, 1.165) is 29.6 Å². The zero-order chi connectivity index (χ0) is 11.5. The van der Waals surface area contributed by atoms with Gasteiger partial charge in [-0.25, -0.2) is 0 Å². The second-order valence-electron chi connectivity index (χ2n) is 4.20. The minimum Gasteiger partial charge on any atom is -0.293 e. The van der Waals surface area contributed by atoms with Gasteiger partial charge in [-0.3, -0.25) is 4.79 Å². The lowest BCUT2D eigenvalue weighted by molar-refractivity contribution is -0.115. The summed E-state index contributed by atoms with van der Waals surface area (Å²) in [4.78, 5) is 12.2. The van der Waals surface area contributed by atoms with Gasteiger partial charge in [-0.05, 0) is 23.1 Å². The van der Waals surface area contributed by atoms with Gasteiger partial charge in [0.1, 0.15) is 0 Å². The first-order valence-electron chi connectivity index (χ1n) is 5.72. The third-order valence-electron chi connectivity index (χ3n) is 2.96. The summed E-state index contributed by atoms with van der Waals surface area (Å²) in [5.41, 5.74) is 2.92. The number of benzene rings is 1. The first kappa shape index (κ1) is 10.9. The molecule has 1 aliphatic rings. The van der Waals surface area contributed by atoms with Crippen molar-refractivity contribution in [1.29, 1.82) is 0 Å². The van der Waals surface area contributed by atoms with E-state index < -0.39 is 0 Å². The van der Waals surface area contributed by atoms with Gasteiger partial charge in [0.2, 0.25) is 0 Å². The Morgan fingerprint density at radius 2 is 1.94 bits per heavy atom. The molecule has 1 aromatic rings. The summed E-state index contributed by atoms with van der Waals surface area (Å²) < 4.78 is 0. The van der Waals surface area contributed by atoms with Gasteiger partial charge in [0.15, 0.2) is 5.78 Å². The molecule has 0 aliphatic heterocycles. The first-order chi connectivity index (χ1) is 7.74. The van der Waals surface area contributed by atoms with Gasteiger partial charge >= 0.3 is 0 Å². The molecule has 1 atom stereocenters. The van der Waals surface area contributed by atoms with Crippen molar-refractivity contribution in [3.63, 3.8) is 0 Å². The summed E-state index contributed by atoms with van der Waals surface area (Å²) in [5, 5.41) is 0. The van der Waals surface area contributed by atoms with Crippen LogP contribution in [0.5, 0.6) is 0 Å². The molecular weight excluding hydrogens is 196 g/mol. The lowest BCUT2D eigenvalue weighted by Gasteiger charge is -2.10. The highest BCUT2D eigenvalue weighted by molar-refractivity contribution is 6.06. The van der Waals surface area contributed by atoms with Crippen molar-refractivity contribution >= 4 is 5.78 Å². The number of ketones is 1. The van der Waals surface area contributed by atoms with Crippen molar-refractivity contribution in [2.45, 2.75) is 25.7 Å². The van der Waals surface area contributed by atoms with Crippen LogP contribution in [0.15, 0.2) is 54.1 Å². The van der Waals surface area contributed by atoms with Crippen molar-refractivity contribution in [2.24, 2.45) is 0 Å². The molecule has 0 heterocycles. The Morgan fingerprint density at radius 3 is 2.56 bits per heavy atom. The van der Waals surface area contributed by atoms with Gasteiger partial charge in [0, 0.05) is 0 Å². The molecule has 0 spiro atoms. The number of hydrogen-bond donors (Lipinski definition) is 0. The van der Waals surface area contributed by atoms with E-state index in [-0.39, 0.29) is 11.7 Å². The van der Waals surface area contributed by atoms with Crippen molar-refractivity contribution in [2.75, 3.05) is 0 Å². The first-order valence-corrected chi connectivity index (χ1v) is 5.72. The Hall–Kier alpha value is -1.63. The fraction of sp³-hybridized carbons (Fsp3) is 0.267. The van der Waals surface area contributed by atoms with Crippen LogP contribution in [0, 0.1) is 0 Å². The Balaban J connectivity index is 2.28. The van der Waals surface area contributed by atoms with Crippen LogP contribution in [-0.2, 0) is 4.79 Å². The van der Waals surface area contributed by atoms with E-state index in [1.54, 1.807) is 0 Å². The predicted octanol–water partition coefficient (Wildman–Crippen LogP) is 3.64. The molecule has 1 unspecified atom stereocenters. The Kier molecular flexibility index (Phi) is 3.04. The molecule has 1 aromatic carbocycles. The summed E-state index contributed by atoms with van der Waals surface area (Å²) in [6.45, 7) is 6.09. The second kappa shape index (κ2) is 4.48. The number of carbonyl (C=O) groups is 1. The molecule has 0 bridgehead atoms. The van der Waals surface area contributed by atoms with Crippen LogP contribution in [0.1, 0.15) is 31.2 Å². The Morgan fingerprint density at radius 1 is 1.25 bits per heavy atom. The molecule has 0 aromatic heterocycles. The third-order valence-corrected chi connectivity index (χ3v) is 2.96. The Labute approximate surface area is 96.5 Å². The second-order valence-corrected chi connectivity index (χ2v) is 4.20. The van der Waals surface area contributed by atoms with E-state index in [1.165, 1.54) is 0 Å². The zero-order valence-corrected chi connectivity index (χ0v) is 9.57. The van der Waals surface area contributed by atoms with Crippen LogP contribution in [0.3, 0.4) is 0 Å². The van der Waals surface area contributed by atoms with Gasteiger partial charge in [0.05, 0.1) is 5.92 Å². The highest BCUT2D eigenvalue weighted by atomic mass is 16.1. The fourth-order valence-electron chi connectivity index (χ4n) is 2.21. The van der Waals surface area contributed by atoms with Crippen LogP contribution in [-0.4, -0.2) is 5.78 Å². The largest absolute Gasteiger partial charge is 0.293 e. The van der Waals surface area contributed by atoms with Gasteiger partial charge in [-0.2, -0.15) is 0 Å². The highest BCUT2D eigenvalue weighted by Gasteiger charge is 2.30. The van der Waals surface area contributed by atoms with Gasteiger partial charge in [0.25, 0.3) is 0 Å². The van der Waals surface area contributed by atoms with Gasteiger partial charge in [-0.1, -0.05) is 56.3 Å². The average Bonchev–Trinajstić information content (AvgIpc) is 2.56. The number of hydrogen-bond acceptors (Lipinski definition) is 1. The topological polar surface area (TPSA) is 17.1 Å². The number of Topliss-reactive ketones (excluding diaryl/α,β-unsaturated/α-hetero) is 1. The van der Waals surface area contributed by atoms with E-state index in [4.69, 9.17) is 0 Å². The average molecular weight is 212 g/mol. The predicted molar refractivity (Wildman–Crippen MR) is 66.3 cm³/mol. The lowest BCUT2D eigenvalue weighted by atomic mass is 9.91. The molecule has 1 heteroatoms. The van der Waals surface area contributed by atoms with E-state index in [2.05, 4.69) is 13.5 Å². The molecule has 0 fully saturated rings. The molecule has 0 N–H and O–H groups in total. The monoisotopic (exact) mass is 212 g/mol. The summed E-state index contributed by atoms with van der Waals surface area (Å²) in [7, 11) is 0. The fourth-order valence-corrected chi connectivity index (χ4v) is 2.21. The maximum Gasteiger partial charge on any atom is 0.170 e. The molecule has 0 saturated heterocycles. The van der Waals surface area contributed by atoms with E-state index in [1.807, 2.05) is 36.4 Å². The van der Waals surface area contributed by atoms with E-state index >= 15 is 0 Å². The van der Waals surface area contributed by atoms with Crippen molar-refractivity contribution in [3.05, 3.63) is 59.7 Å². The minimum atomic E-state index is -0.136. The summed E-state index contributed by atoms with van der Waals surface area (Å²) in [5.74, 6) is 0.0980. The summed E-state index contributed by atoms with van der Waals surface area (Å²) in [6, 6.07) is 9.89. The molecule has 0 saturated carbocycles. The normalized spacial score (nSPS) is 20.1. The van der Waals surface area contributed by atoms with Crippen molar-refractivity contribution < 1.29 is 4.79 Å². The third kappa shape index (κ3) is 1.85. The highest BCUT2D eigenvalue weighted by Crippen LogP contribution is 2.35. The zero-order valence-electron chi connectivity index (χ0n) is 9.57. The molecule has 2 rings (SSSR count). The maximum atomic E-state index is 12.2. The molecule has 1 nitrogen and oxygen atoms in total. The standard InChI is InChI=1S/C15H16O/c1-3-7-13-10-11(2)14(15(13)16)12-8-5-4-6-9-12/h4-6,8-10,14H,2-3,7H2,1H3.